The number of carbonyl (C=O) groups excluding carboxylic acids is 1. The number of amides is 1. The first-order valence-electron chi connectivity index (χ1n) is 10.1. The van der Waals surface area contributed by atoms with Gasteiger partial charge in [-0.25, -0.2) is 14.6 Å². The summed E-state index contributed by atoms with van der Waals surface area (Å²) < 4.78 is 13.0. The zero-order valence-electron chi connectivity index (χ0n) is 17.2. The van der Waals surface area contributed by atoms with E-state index in [1.165, 1.54) is 0 Å². The number of carbonyl (C=O) groups is 1. The molecule has 1 amide bonds. The smallest absolute Gasteiger partial charge is 0.269 e. The molecule has 0 spiro atoms. The molecule has 2 aromatic carbocycles. The summed E-state index contributed by atoms with van der Waals surface area (Å²) in [7, 11) is 0. The van der Waals surface area contributed by atoms with Crippen LogP contribution < -0.4 is 20.1 Å². The number of nitrogens with one attached hydrogen (secondary N) is 2. The van der Waals surface area contributed by atoms with E-state index in [2.05, 4.69) is 25.7 Å². The Morgan fingerprint density at radius 3 is 2.59 bits per heavy atom. The van der Waals surface area contributed by atoms with Crippen molar-refractivity contribution < 1.29 is 14.3 Å². The van der Waals surface area contributed by atoms with Gasteiger partial charge in [-0.2, -0.15) is 5.10 Å². The molecule has 0 radical (unpaired) electrons. The van der Waals surface area contributed by atoms with Crippen LogP contribution >= 0.6 is 0 Å². The maximum Gasteiger partial charge on any atom is 0.269 e. The van der Waals surface area contributed by atoms with Crippen molar-refractivity contribution >= 4 is 23.1 Å². The van der Waals surface area contributed by atoms with Crippen molar-refractivity contribution in [1.82, 2.24) is 19.7 Å². The second-order valence-corrected chi connectivity index (χ2v) is 7.17. The average molecular weight is 428 g/mol. The Labute approximate surface area is 184 Å². The van der Waals surface area contributed by atoms with Crippen LogP contribution in [-0.2, 0) is 4.79 Å². The van der Waals surface area contributed by atoms with Crippen molar-refractivity contribution in [3.05, 3.63) is 78.9 Å². The summed E-state index contributed by atoms with van der Waals surface area (Å²) in [6.07, 6.45) is 2.80. The van der Waals surface area contributed by atoms with Crippen LogP contribution in [0.3, 0.4) is 0 Å². The Hall–Kier alpha value is -4.40. The van der Waals surface area contributed by atoms with E-state index in [1.54, 1.807) is 29.1 Å². The van der Waals surface area contributed by atoms with Gasteiger partial charge in [-0.3, -0.25) is 4.79 Å². The maximum absolute atomic E-state index is 12.6. The molecule has 0 aliphatic carbocycles. The van der Waals surface area contributed by atoms with Crippen molar-refractivity contribution in [3.63, 3.8) is 0 Å². The summed E-state index contributed by atoms with van der Waals surface area (Å²) >= 11 is 0. The van der Waals surface area contributed by atoms with Crippen molar-refractivity contribution in [3.8, 4) is 17.3 Å². The first kappa shape index (κ1) is 19.6. The summed E-state index contributed by atoms with van der Waals surface area (Å²) in [4.78, 5) is 21.4. The molecule has 160 valence electrons. The molecule has 0 unspecified atom stereocenters. The predicted octanol–water partition coefficient (Wildman–Crippen LogP) is 3.49. The highest BCUT2D eigenvalue weighted by molar-refractivity contribution is 5.94. The zero-order valence-corrected chi connectivity index (χ0v) is 17.2. The average Bonchev–Trinajstić information content (AvgIpc) is 3.35. The molecule has 0 bridgehead atoms. The van der Waals surface area contributed by atoms with E-state index in [0.29, 0.717) is 34.6 Å². The van der Waals surface area contributed by atoms with E-state index in [4.69, 9.17) is 9.47 Å². The monoisotopic (exact) mass is 428 g/mol. The number of ether oxygens (including phenoxy) is 2. The molecule has 32 heavy (non-hydrogen) atoms. The van der Waals surface area contributed by atoms with Crippen LogP contribution in [-0.4, -0.2) is 38.4 Å². The zero-order chi connectivity index (χ0) is 21.9. The van der Waals surface area contributed by atoms with E-state index >= 15 is 0 Å². The van der Waals surface area contributed by atoms with Crippen molar-refractivity contribution in [2.24, 2.45) is 0 Å². The van der Waals surface area contributed by atoms with Gasteiger partial charge in [0.15, 0.2) is 17.3 Å². The van der Waals surface area contributed by atoms with Crippen LogP contribution in [0.4, 0.5) is 17.2 Å². The van der Waals surface area contributed by atoms with Crippen molar-refractivity contribution in [2.45, 2.75) is 13.0 Å². The molecule has 0 saturated heterocycles. The van der Waals surface area contributed by atoms with Gasteiger partial charge in [0.2, 0.25) is 6.10 Å². The topological polar surface area (TPSA) is 103 Å². The first-order chi connectivity index (χ1) is 15.6. The normalized spacial score (nSPS) is 14.6. The van der Waals surface area contributed by atoms with E-state index in [-0.39, 0.29) is 12.5 Å². The third-order valence-electron chi connectivity index (χ3n) is 4.79. The number of hydrogen-bond donors (Lipinski definition) is 2. The molecule has 9 nitrogen and oxygen atoms in total. The van der Waals surface area contributed by atoms with Crippen LogP contribution in [0.25, 0.3) is 5.82 Å². The maximum atomic E-state index is 12.6. The molecule has 2 N–H and O–H groups in total. The molecule has 9 heteroatoms. The molecule has 5 rings (SSSR count). The van der Waals surface area contributed by atoms with Gasteiger partial charge in [0.05, 0.1) is 0 Å². The molecule has 2 aromatic heterocycles. The van der Waals surface area contributed by atoms with Gasteiger partial charge in [-0.1, -0.05) is 12.1 Å². The number of nitrogens with zero attached hydrogens (tertiary/aromatic N) is 4. The Bertz CT molecular complexity index is 1240. The molecule has 1 atom stereocenters. The summed E-state index contributed by atoms with van der Waals surface area (Å²) in [5.74, 6) is 2.88. The third kappa shape index (κ3) is 4.22. The van der Waals surface area contributed by atoms with E-state index in [1.807, 2.05) is 55.6 Å². The standard InChI is InChI=1S/C23H20N6O3/c1-15-25-21(13-22(26-15)29-12-4-11-24-29)27-16-7-9-17(10-8-16)28-23(30)20-14-31-18-5-2-3-6-19(18)32-20/h2-13,20H,14H2,1H3,(H,28,30)(H,25,26,27)/t20-/m0/s1. The van der Waals surface area contributed by atoms with Gasteiger partial charge in [-0.05, 0) is 49.4 Å². The Balaban J connectivity index is 1.24. The van der Waals surface area contributed by atoms with Crippen LogP contribution in [0.1, 0.15) is 5.82 Å². The molecule has 0 saturated carbocycles. The summed E-state index contributed by atoms with van der Waals surface area (Å²) in [5.41, 5.74) is 1.47. The lowest BCUT2D eigenvalue weighted by atomic mass is 10.2. The number of fused-ring (bicyclic) bond motifs is 1. The molecular weight excluding hydrogens is 408 g/mol. The van der Waals surface area contributed by atoms with Crippen LogP contribution in [0, 0.1) is 6.92 Å². The van der Waals surface area contributed by atoms with Crippen LogP contribution in [0.5, 0.6) is 11.5 Å². The van der Waals surface area contributed by atoms with Crippen LogP contribution in [0.2, 0.25) is 0 Å². The fraction of sp³-hybridized carbons (Fsp3) is 0.130. The van der Waals surface area contributed by atoms with E-state index < -0.39 is 6.10 Å². The lowest BCUT2D eigenvalue weighted by Gasteiger charge is -2.25. The third-order valence-corrected chi connectivity index (χ3v) is 4.79. The summed E-state index contributed by atoms with van der Waals surface area (Å²) in [5, 5.41) is 10.3. The molecule has 1 aliphatic rings. The minimum atomic E-state index is -0.715. The largest absolute Gasteiger partial charge is 0.485 e. The van der Waals surface area contributed by atoms with Crippen molar-refractivity contribution in [1.29, 1.82) is 0 Å². The highest BCUT2D eigenvalue weighted by Gasteiger charge is 2.27. The van der Waals surface area contributed by atoms with E-state index in [0.717, 1.165) is 5.69 Å². The molecule has 1 aliphatic heterocycles. The minimum Gasteiger partial charge on any atom is -0.485 e. The van der Waals surface area contributed by atoms with Gasteiger partial charge >= 0.3 is 0 Å². The molecule has 4 aromatic rings. The SMILES string of the molecule is Cc1nc(Nc2ccc(NC(=O)[C@@H]3COc4ccccc4O3)cc2)cc(-n2cccn2)n1. The second kappa shape index (κ2) is 8.38. The van der Waals surface area contributed by atoms with E-state index in [9.17, 15) is 4.79 Å². The number of hydrogen-bond acceptors (Lipinski definition) is 7. The number of aromatic nitrogens is 4. The van der Waals surface area contributed by atoms with Gasteiger partial charge in [0.25, 0.3) is 5.91 Å². The number of rotatable bonds is 5. The summed E-state index contributed by atoms with van der Waals surface area (Å²) in [6, 6.07) is 18.3. The number of para-hydroxylation sites is 2. The van der Waals surface area contributed by atoms with Gasteiger partial charge in [-0.15, -0.1) is 0 Å². The minimum absolute atomic E-state index is 0.161. The predicted molar refractivity (Wildman–Crippen MR) is 119 cm³/mol. The summed E-state index contributed by atoms with van der Waals surface area (Å²) in [6.45, 7) is 1.99. The highest BCUT2D eigenvalue weighted by Crippen LogP contribution is 2.31. The second-order valence-electron chi connectivity index (χ2n) is 7.17. The first-order valence-corrected chi connectivity index (χ1v) is 10.1. The van der Waals surface area contributed by atoms with Gasteiger partial charge < -0.3 is 20.1 Å². The number of benzene rings is 2. The molecule has 0 fully saturated rings. The number of anilines is 3. The Morgan fingerprint density at radius 1 is 1.03 bits per heavy atom. The van der Waals surface area contributed by atoms with Crippen LogP contribution in [0.15, 0.2) is 73.1 Å². The molecule has 3 heterocycles. The lowest BCUT2D eigenvalue weighted by molar-refractivity contribution is -0.125. The Morgan fingerprint density at radius 2 is 1.81 bits per heavy atom. The quantitative estimate of drug-likeness (QED) is 0.501. The fourth-order valence-electron chi connectivity index (χ4n) is 3.29. The molecular formula is C23H20N6O3. The fourth-order valence-corrected chi connectivity index (χ4v) is 3.29. The lowest BCUT2D eigenvalue weighted by Crippen LogP contribution is -2.40. The Kier molecular flexibility index (Phi) is 5.12. The number of aryl methyl sites for hydroxylation is 1. The van der Waals surface area contributed by atoms with Gasteiger partial charge in [0, 0.05) is 29.8 Å². The van der Waals surface area contributed by atoms with Crippen molar-refractivity contribution in [2.75, 3.05) is 17.2 Å². The highest BCUT2D eigenvalue weighted by atomic mass is 16.6. The van der Waals surface area contributed by atoms with Gasteiger partial charge in [0.1, 0.15) is 18.2 Å².